The van der Waals surface area contributed by atoms with Gasteiger partial charge in [0.2, 0.25) is 0 Å². The largest absolute Gasteiger partial charge is 0.392 e. The molecule has 1 aliphatic heterocycles. The molecule has 86 valence electrons. The minimum atomic E-state index is 0.406. The molecule has 0 spiro atoms. The van der Waals surface area contributed by atoms with Crippen molar-refractivity contribution < 1.29 is 0 Å². The van der Waals surface area contributed by atoms with Gasteiger partial charge in [0, 0.05) is 6.04 Å². The number of rotatable bonds is 2. The van der Waals surface area contributed by atoms with Crippen LogP contribution in [0.15, 0.2) is 0 Å². The average molecular weight is 226 g/mol. The van der Waals surface area contributed by atoms with Crippen molar-refractivity contribution in [1.82, 2.24) is 4.90 Å². The van der Waals surface area contributed by atoms with E-state index in [1.165, 1.54) is 57.9 Å². The molecule has 1 saturated heterocycles. The van der Waals surface area contributed by atoms with E-state index in [0.29, 0.717) is 6.04 Å². The van der Waals surface area contributed by atoms with Crippen LogP contribution < -0.4 is 5.73 Å². The van der Waals surface area contributed by atoms with Crippen molar-refractivity contribution >= 4 is 17.2 Å². The van der Waals surface area contributed by atoms with Crippen LogP contribution in [0, 0.1) is 0 Å². The second-order valence-electron chi connectivity index (χ2n) is 4.94. The summed E-state index contributed by atoms with van der Waals surface area (Å²) in [6.45, 7) is 1.21. The first-order chi connectivity index (χ1) is 7.29. The summed E-state index contributed by atoms with van der Waals surface area (Å²) in [5.74, 6) is 0. The summed E-state index contributed by atoms with van der Waals surface area (Å²) in [6.07, 6.45) is 10.8. The van der Waals surface area contributed by atoms with Crippen LogP contribution in [0.3, 0.4) is 0 Å². The van der Waals surface area contributed by atoms with Gasteiger partial charge < -0.3 is 5.73 Å². The molecule has 1 aliphatic carbocycles. The van der Waals surface area contributed by atoms with Crippen molar-refractivity contribution in [1.29, 1.82) is 0 Å². The highest BCUT2D eigenvalue weighted by Gasteiger charge is 2.32. The lowest BCUT2D eigenvalue weighted by atomic mass is 10.1. The first kappa shape index (κ1) is 11.3. The van der Waals surface area contributed by atoms with Gasteiger partial charge in [-0.1, -0.05) is 37.9 Å². The van der Waals surface area contributed by atoms with Crippen LogP contribution in [-0.2, 0) is 0 Å². The summed E-state index contributed by atoms with van der Waals surface area (Å²) in [6, 6.07) is 1.17. The van der Waals surface area contributed by atoms with Gasteiger partial charge in [-0.2, -0.15) is 0 Å². The Balaban J connectivity index is 1.97. The van der Waals surface area contributed by atoms with Gasteiger partial charge in [-0.25, -0.2) is 0 Å². The number of likely N-dealkylation sites (tertiary alicyclic amines) is 1. The van der Waals surface area contributed by atoms with Gasteiger partial charge in [0.1, 0.15) is 0 Å². The maximum atomic E-state index is 5.82. The lowest BCUT2D eigenvalue weighted by Crippen LogP contribution is -2.45. The van der Waals surface area contributed by atoms with Gasteiger partial charge in [0.05, 0.1) is 11.0 Å². The molecule has 0 amide bonds. The van der Waals surface area contributed by atoms with Crippen LogP contribution in [0.4, 0.5) is 0 Å². The first-order valence-electron chi connectivity index (χ1n) is 6.34. The quantitative estimate of drug-likeness (QED) is 0.579. The molecule has 0 aromatic carbocycles. The predicted molar refractivity (Wildman–Crippen MR) is 68.0 cm³/mol. The van der Waals surface area contributed by atoms with E-state index >= 15 is 0 Å². The molecular formula is C12H22N2S. The molecule has 3 heteroatoms. The van der Waals surface area contributed by atoms with E-state index < -0.39 is 0 Å². The second-order valence-corrected chi connectivity index (χ2v) is 5.42. The van der Waals surface area contributed by atoms with Gasteiger partial charge >= 0.3 is 0 Å². The molecule has 1 atom stereocenters. The van der Waals surface area contributed by atoms with E-state index in [1.807, 2.05) is 0 Å². The fourth-order valence-electron chi connectivity index (χ4n) is 3.12. The molecule has 2 nitrogen and oxygen atoms in total. The highest BCUT2D eigenvalue weighted by molar-refractivity contribution is 7.80. The Morgan fingerprint density at radius 1 is 1.00 bits per heavy atom. The standard InChI is InChI=1S/C12H22N2S/c13-12(15)11-8-5-9-14(11)10-6-3-1-2-4-7-10/h10-11H,1-9H2,(H2,13,15). The Kier molecular flexibility index (Phi) is 3.98. The normalized spacial score (nSPS) is 30.3. The molecule has 0 aromatic rings. The van der Waals surface area contributed by atoms with Crippen molar-refractivity contribution in [3.05, 3.63) is 0 Å². The molecule has 2 fully saturated rings. The number of nitrogens with zero attached hydrogens (tertiary/aromatic N) is 1. The third-order valence-electron chi connectivity index (χ3n) is 3.92. The number of hydrogen-bond acceptors (Lipinski definition) is 2. The van der Waals surface area contributed by atoms with E-state index in [9.17, 15) is 0 Å². The minimum absolute atomic E-state index is 0.406. The molecular weight excluding hydrogens is 204 g/mol. The van der Waals surface area contributed by atoms with Crippen molar-refractivity contribution in [2.45, 2.75) is 63.5 Å². The summed E-state index contributed by atoms with van der Waals surface area (Å²) in [4.78, 5) is 3.31. The predicted octanol–water partition coefficient (Wildman–Crippen LogP) is 2.46. The van der Waals surface area contributed by atoms with E-state index in [2.05, 4.69) is 4.90 Å². The van der Waals surface area contributed by atoms with E-state index in [1.54, 1.807) is 0 Å². The molecule has 1 saturated carbocycles. The molecule has 2 rings (SSSR count). The molecule has 0 aromatic heterocycles. The van der Waals surface area contributed by atoms with E-state index in [-0.39, 0.29) is 0 Å². The summed E-state index contributed by atoms with van der Waals surface area (Å²) in [7, 11) is 0. The van der Waals surface area contributed by atoms with E-state index in [4.69, 9.17) is 18.0 Å². The van der Waals surface area contributed by atoms with Gasteiger partial charge in [-0.3, -0.25) is 4.90 Å². The van der Waals surface area contributed by atoms with Gasteiger partial charge in [0.25, 0.3) is 0 Å². The highest BCUT2D eigenvalue weighted by Crippen LogP contribution is 2.28. The van der Waals surface area contributed by atoms with Crippen molar-refractivity contribution in [3.8, 4) is 0 Å². The van der Waals surface area contributed by atoms with Crippen molar-refractivity contribution in [2.75, 3.05) is 6.54 Å². The smallest absolute Gasteiger partial charge is 0.0902 e. The Labute approximate surface area is 98.2 Å². The molecule has 2 N–H and O–H groups in total. The van der Waals surface area contributed by atoms with Crippen molar-refractivity contribution in [3.63, 3.8) is 0 Å². The Hall–Kier alpha value is -0.150. The van der Waals surface area contributed by atoms with Gasteiger partial charge in [-0.15, -0.1) is 0 Å². The van der Waals surface area contributed by atoms with Crippen LogP contribution in [0.25, 0.3) is 0 Å². The van der Waals surface area contributed by atoms with Crippen LogP contribution >= 0.6 is 12.2 Å². The monoisotopic (exact) mass is 226 g/mol. The fourth-order valence-corrected chi connectivity index (χ4v) is 3.37. The molecule has 15 heavy (non-hydrogen) atoms. The van der Waals surface area contributed by atoms with E-state index in [0.717, 1.165) is 11.0 Å². The van der Waals surface area contributed by atoms with Crippen LogP contribution in [0.1, 0.15) is 51.4 Å². The summed E-state index contributed by atoms with van der Waals surface area (Å²) >= 11 is 5.17. The minimum Gasteiger partial charge on any atom is -0.392 e. The lowest BCUT2D eigenvalue weighted by molar-refractivity contribution is 0.196. The Morgan fingerprint density at radius 3 is 2.27 bits per heavy atom. The SMILES string of the molecule is NC(=S)C1CCCN1C1CCCCCC1. The zero-order chi connectivity index (χ0) is 10.7. The fraction of sp³-hybridized carbons (Fsp3) is 0.917. The molecule has 2 aliphatic rings. The Morgan fingerprint density at radius 2 is 1.67 bits per heavy atom. The second kappa shape index (κ2) is 5.26. The van der Waals surface area contributed by atoms with Crippen LogP contribution in [-0.4, -0.2) is 28.5 Å². The van der Waals surface area contributed by atoms with Crippen LogP contribution in [0.2, 0.25) is 0 Å². The van der Waals surface area contributed by atoms with Crippen molar-refractivity contribution in [2.24, 2.45) is 5.73 Å². The third-order valence-corrected chi connectivity index (χ3v) is 4.19. The van der Waals surface area contributed by atoms with Gasteiger partial charge in [0.15, 0.2) is 0 Å². The summed E-state index contributed by atoms with van der Waals surface area (Å²) < 4.78 is 0. The first-order valence-corrected chi connectivity index (χ1v) is 6.75. The number of hydrogen-bond donors (Lipinski definition) is 1. The molecule has 1 unspecified atom stereocenters. The maximum absolute atomic E-state index is 5.82. The zero-order valence-electron chi connectivity index (χ0n) is 9.45. The maximum Gasteiger partial charge on any atom is 0.0902 e. The summed E-state index contributed by atoms with van der Waals surface area (Å²) in [5.41, 5.74) is 5.82. The molecule has 0 bridgehead atoms. The lowest BCUT2D eigenvalue weighted by Gasteiger charge is -2.31. The third kappa shape index (κ3) is 2.70. The van der Waals surface area contributed by atoms with Crippen LogP contribution in [0.5, 0.6) is 0 Å². The zero-order valence-corrected chi connectivity index (χ0v) is 10.3. The number of nitrogens with two attached hydrogens (primary N) is 1. The topological polar surface area (TPSA) is 29.3 Å². The highest BCUT2D eigenvalue weighted by atomic mass is 32.1. The Bertz CT molecular complexity index is 222. The molecule has 1 heterocycles. The molecule has 0 radical (unpaired) electrons. The van der Waals surface area contributed by atoms with Gasteiger partial charge in [-0.05, 0) is 32.2 Å². The number of thiocarbonyl (C=S) groups is 1. The summed E-state index contributed by atoms with van der Waals surface area (Å²) in [5, 5.41) is 0. The average Bonchev–Trinajstić information content (AvgIpc) is 2.55.